The van der Waals surface area contributed by atoms with Crippen molar-refractivity contribution in [2.45, 2.75) is 99.8 Å². The molecule has 6 nitrogen and oxygen atoms in total. The molecule has 0 aromatic heterocycles. The third-order valence-corrected chi connectivity index (χ3v) is 12.7. The zero-order valence-corrected chi connectivity index (χ0v) is 27.4. The Labute approximate surface area is 258 Å². The molecule has 5 aliphatic carbocycles. The normalized spacial score (nSPS) is 38.2. The molecule has 5 aliphatic rings. The number of ketones is 1. The van der Waals surface area contributed by atoms with Crippen LogP contribution < -0.4 is 0 Å². The molecule has 43 heavy (non-hydrogen) atoms. The number of hydrogen-bond acceptors (Lipinski definition) is 5. The van der Waals surface area contributed by atoms with Crippen LogP contribution in [-0.2, 0) is 19.1 Å². The molecule has 1 amide bonds. The first-order chi connectivity index (χ1) is 20.1. The lowest BCUT2D eigenvalue weighted by Crippen LogP contribution is -2.62. The number of esters is 1. The molecular weight excluding hydrogens is 538 g/mol. The number of hydrogen-bond donors (Lipinski definition) is 0. The maximum absolute atomic E-state index is 13.5. The smallest absolute Gasteiger partial charge is 0.415 e. The Hall–Kier alpha value is -3.07. The SMILES string of the molecule is C#CCOC(=O)[C@]1(C)CC[C@]2(C)CC[C@]3(C)C4=CC=C5C(=CC(=O)C(OC(=O)N(C)CCC)=C5C)[C@]4(C)CC[C@@]3(C)[C@@H]2C1. The highest BCUT2D eigenvalue weighted by atomic mass is 16.6. The summed E-state index contributed by atoms with van der Waals surface area (Å²) >= 11 is 0. The van der Waals surface area contributed by atoms with Crippen LogP contribution in [0.2, 0.25) is 0 Å². The molecule has 5 rings (SSSR count). The van der Waals surface area contributed by atoms with Crippen molar-refractivity contribution >= 4 is 17.8 Å². The molecule has 0 bridgehead atoms. The highest BCUT2D eigenvalue weighted by Crippen LogP contribution is 2.75. The molecule has 0 aliphatic heterocycles. The second-order valence-electron chi connectivity index (χ2n) is 15.2. The molecule has 0 spiro atoms. The van der Waals surface area contributed by atoms with Crippen LogP contribution in [0.3, 0.4) is 0 Å². The molecule has 0 aromatic carbocycles. The monoisotopic (exact) mass is 587 g/mol. The maximum atomic E-state index is 13.5. The minimum atomic E-state index is -0.545. The van der Waals surface area contributed by atoms with Gasteiger partial charge in [-0.3, -0.25) is 9.59 Å². The summed E-state index contributed by atoms with van der Waals surface area (Å²) in [5.41, 5.74) is 3.31. The van der Waals surface area contributed by atoms with Gasteiger partial charge in [0.1, 0.15) is 0 Å². The molecule has 0 unspecified atom stereocenters. The van der Waals surface area contributed by atoms with Crippen molar-refractivity contribution in [2.24, 2.45) is 33.0 Å². The molecule has 0 aromatic rings. The molecule has 0 radical (unpaired) electrons. The average molecular weight is 588 g/mol. The van der Waals surface area contributed by atoms with Gasteiger partial charge in [-0.1, -0.05) is 58.3 Å². The Balaban J connectivity index is 1.52. The summed E-state index contributed by atoms with van der Waals surface area (Å²) in [6, 6.07) is 0. The van der Waals surface area contributed by atoms with Crippen molar-refractivity contribution < 1.29 is 23.9 Å². The molecule has 6 heteroatoms. The van der Waals surface area contributed by atoms with Gasteiger partial charge in [0.2, 0.25) is 5.78 Å². The Morgan fingerprint density at radius 1 is 1.05 bits per heavy atom. The lowest BCUT2D eigenvalue weighted by Gasteiger charge is -2.70. The summed E-state index contributed by atoms with van der Waals surface area (Å²) in [5.74, 6) is 2.51. The van der Waals surface area contributed by atoms with E-state index >= 15 is 0 Å². The van der Waals surface area contributed by atoms with E-state index in [0.29, 0.717) is 12.5 Å². The third kappa shape index (κ3) is 4.56. The van der Waals surface area contributed by atoms with Crippen molar-refractivity contribution in [1.29, 1.82) is 0 Å². The lowest BCUT2D eigenvalue weighted by molar-refractivity contribution is -0.181. The van der Waals surface area contributed by atoms with Gasteiger partial charge in [-0.25, -0.2) is 4.79 Å². The predicted octanol–water partition coefficient (Wildman–Crippen LogP) is 7.71. The van der Waals surface area contributed by atoms with E-state index in [9.17, 15) is 14.4 Å². The van der Waals surface area contributed by atoms with Crippen LogP contribution in [0, 0.1) is 45.3 Å². The van der Waals surface area contributed by atoms with E-state index in [0.717, 1.165) is 68.1 Å². The lowest BCUT2D eigenvalue weighted by atomic mass is 9.34. The van der Waals surface area contributed by atoms with Crippen LogP contribution in [0.25, 0.3) is 0 Å². The van der Waals surface area contributed by atoms with Gasteiger partial charge in [0.15, 0.2) is 12.4 Å². The Kier molecular flexibility index (Phi) is 7.68. The Morgan fingerprint density at radius 3 is 2.42 bits per heavy atom. The number of nitrogens with zero attached hydrogens (tertiary/aromatic N) is 1. The van der Waals surface area contributed by atoms with Gasteiger partial charge >= 0.3 is 12.1 Å². The van der Waals surface area contributed by atoms with Crippen molar-refractivity contribution in [3.05, 3.63) is 46.3 Å². The van der Waals surface area contributed by atoms with Gasteiger partial charge in [-0.05, 0) is 105 Å². The van der Waals surface area contributed by atoms with Gasteiger partial charge in [0, 0.05) is 24.6 Å². The van der Waals surface area contributed by atoms with Crippen molar-refractivity contribution in [1.82, 2.24) is 4.90 Å². The molecular formula is C37H49NO5. The van der Waals surface area contributed by atoms with Crippen molar-refractivity contribution in [3.63, 3.8) is 0 Å². The summed E-state index contributed by atoms with van der Waals surface area (Å²) in [5, 5.41) is 0. The largest absolute Gasteiger partial charge is 0.452 e. The summed E-state index contributed by atoms with van der Waals surface area (Å²) in [4.78, 5) is 41.0. The topological polar surface area (TPSA) is 72.9 Å². The van der Waals surface area contributed by atoms with Gasteiger partial charge in [-0.2, -0.15) is 0 Å². The van der Waals surface area contributed by atoms with E-state index in [2.05, 4.69) is 52.7 Å². The van der Waals surface area contributed by atoms with Crippen LogP contribution in [0.15, 0.2) is 46.3 Å². The van der Waals surface area contributed by atoms with E-state index in [1.165, 1.54) is 10.5 Å². The Morgan fingerprint density at radius 2 is 1.74 bits per heavy atom. The standard InChI is InChI=1S/C37H49NO5/c1-10-20-38(9)32(41)43-30-24(3)25-12-13-28-35(6,26(25)22-27(30)39)17-19-37(8)29-23-34(5,31(40)42-21-11-2)15-14-33(29,4)16-18-36(28,37)7/h2,12-13,22,29H,10,14-21,23H2,1,3-9H3/t29-,33-,34-,35+,36-,37+/m1/s1. The molecule has 6 atom stereocenters. The first kappa shape index (κ1) is 31.4. The second-order valence-corrected chi connectivity index (χ2v) is 15.2. The zero-order chi connectivity index (χ0) is 31.6. The number of terminal acetylenes is 1. The maximum Gasteiger partial charge on any atom is 0.415 e. The minimum absolute atomic E-state index is 0.0172. The molecule has 0 saturated heterocycles. The third-order valence-electron chi connectivity index (χ3n) is 12.7. The predicted molar refractivity (Wildman–Crippen MR) is 167 cm³/mol. The van der Waals surface area contributed by atoms with E-state index in [1.54, 1.807) is 13.1 Å². The fourth-order valence-corrected chi connectivity index (χ4v) is 9.63. The molecule has 0 heterocycles. The second kappa shape index (κ2) is 10.5. The number of rotatable bonds is 5. The summed E-state index contributed by atoms with van der Waals surface area (Å²) in [6.45, 7) is 16.2. The Bertz CT molecular complexity index is 1420. The van der Waals surface area contributed by atoms with Crippen LogP contribution >= 0.6 is 0 Å². The molecule has 3 fully saturated rings. The fourth-order valence-electron chi connectivity index (χ4n) is 9.63. The average Bonchev–Trinajstić information content (AvgIpc) is 2.96. The van der Waals surface area contributed by atoms with Crippen LogP contribution in [0.5, 0.6) is 0 Å². The van der Waals surface area contributed by atoms with Crippen molar-refractivity contribution in [3.8, 4) is 12.3 Å². The van der Waals surface area contributed by atoms with Gasteiger partial charge in [0.05, 0.1) is 5.41 Å². The molecule has 0 N–H and O–H groups in total. The highest BCUT2D eigenvalue weighted by Gasteiger charge is 2.67. The number of carbonyl (C=O) groups is 3. The summed E-state index contributed by atoms with van der Waals surface area (Å²) < 4.78 is 11.2. The number of carbonyl (C=O) groups excluding carboxylic acids is 3. The first-order valence-corrected chi connectivity index (χ1v) is 16.0. The van der Waals surface area contributed by atoms with Crippen LogP contribution in [-0.4, -0.2) is 42.9 Å². The first-order valence-electron chi connectivity index (χ1n) is 16.0. The van der Waals surface area contributed by atoms with Gasteiger partial charge < -0.3 is 14.4 Å². The van der Waals surface area contributed by atoms with E-state index < -0.39 is 11.5 Å². The van der Waals surface area contributed by atoms with Crippen LogP contribution in [0.1, 0.15) is 99.8 Å². The number of amides is 1. The molecule has 232 valence electrons. The van der Waals surface area contributed by atoms with E-state index in [-0.39, 0.29) is 45.8 Å². The van der Waals surface area contributed by atoms with Crippen molar-refractivity contribution in [2.75, 3.05) is 20.2 Å². The summed E-state index contributed by atoms with van der Waals surface area (Å²) in [7, 11) is 1.69. The van der Waals surface area contributed by atoms with Crippen LogP contribution in [0.4, 0.5) is 4.79 Å². The minimum Gasteiger partial charge on any atom is -0.452 e. The fraction of sp³-hybridized carbons (Fsp3) is 0.649. The quantitative estimate of drug-likeness (QED) is 0.243. The van der Waals surface area contributed by atoms with Gasteiger partial charge in [-0.15, -0.1) is 6.42 Å². The zero-order valence-electron chi connectivity index (χ0n) is 27.4. The summed E-state index contributed by atoms with van der Waals surface area (Å²) in [6.07, 6.45) is 18.6. The number of fused-ring (bicyclic) bond motifs is 7. The number of ether oxygens (including phenoxy) is 2. The van der Waals surface area contributed by atoms with Gasteiger partial charge in [0.25, 0.3) is 0 Å². The van der Waals surface area contributed by atoms with E-state index in [4.69, 9.17) is 15.9 Å². The highest BCUT2D eigenvalue weighted by molar-refractivity contribution is 6.08. The van der Waals surface area contributed by atoms with E-state index in [1.807, 2.05) is 13.8 Å². The molecule has 3 saturated carbocycles. The number of allylic oxidation sites excluding steroid dienone is 7.